The summed E-state index contributed by atoms with van der Waals surface area (Å²) in [6, 6.07) is 5.68. The number of nitrogens with zero attached hydrogens (tertiary/aromatic N) is 2. The van der Waals surface area contributed by atoms with Gasteiger partial charge in [-0.05, 0) is 50.3 Å². The average molecular weight is 343 g/mol. The lowest BCUT2D eigenvalue weighted by Crippen LogP contribution is -2.26. The Kier molecular flexibility index (Phi) is 5.26. The molecule has 1 aromatic carbocycles. The normalized spacial score (nSPS) is 15.8. The highest BCUT2D eigenvalue weighted by molar-refractivity contribution is 5.93. The van der Waals surface area contributed by atoms with Gasteiger partial charge in [-0.1, -0.05) is 6.07 Å². The Balaban J connectivity index is 1.69. The minimum atomic E-state index is -0.151. The highest BCUT2D eigenvalue weighted by Gasteiger charge is 2.20. The predicted octanol–water partition coefficient (Wildman–Crippen LogP) is 3.24. The molecule has 0 spiro atoms. The van der Waals surface area contributed by atoms with Crippen LogP contribution in [-0.2, 0) is 7.05 Å². The second-order valence-electron chi connectivity index (χ2n) is 6.53. The van der Waals surface area contributed by atoms with Crippen LogP contribution in [0.3, 0.4) is 0 Å². The highest BCUT2D eigenvalue weighted by Crippen LogP contribution is 2.33. The van der Waals surface area contributed by atoms with Crippen LogP contribution in [-0.4, -0.2) is 28.9 Å². The maximum Gasteiger partial charge on any atom is 0.254 e. The van der Waals surface area contributed by atoms with E-state index in [1.807, 2.05) is 25.1 Å². The molecule has 1 unspecified atom stereocenters. The van der Waals surface area contributed by atoms with Crippen molar-refractivity contribution in [3.05, 3.63) is 41.7 Å². The molecule has 1 aliphatic rings. The van der Waals surface area contributed by atoms with Crippen molar-refractivity contribution in [2.75, 3.05) is 7.11 Å². The fourth-order valence-electron chi connectivity index (χ4n) is 3.14. The molecule has 1 atom stereocenters. The summed E-state index contributed by atoms with van der Waals surface area (Å²) in [6.07, 6.45) is 8.18. The lowest BCUT2D eigenvalue weighted by Gasteiger charge is -2.19. The molecule has 0 radical (unpaired) electrons. The Bertz CT molecular complexity index is 735. The summed E-state index contributed by atoms with van der Waals surface area (Å²) in [4.78, 5) is 12.3. The Hall–Kier alpha value is -2.50. The van der Waals surface area contributed by atoms with Gasteiger partial charge in [-0.3, -0.25) is 9.48 Å². The molecule has 6 heteroatoms. The molecule has 25 heavy (non-hydrogen) atoms. The molecule has 1 N–H and O–H groups in total. The van der Waals surface area contributed by atoms with Crippen molar-refractivity contribution < 1.29 is 14.3 Å². The van der Waals surface area contributed by atoms with Gasteiger partial charge in [0.1, 0.15) is 0 Å². The van der Waals surface area contributed by atoms with E-state index in [0.717, 1.165) is 24.2 Å². The number of aryl methyl sites for hydroxylation is 1. The van der Waals surface area contributed by atoms with Gasteiger partial charge < -0.3 is 14.8 Å². The highest BCUT2D eigenvalue weighted by atomic mass is 16.5. The van der Waals surface area contributed by atoms with Crippen LogP contribution >= 0.6 is 0 Å². The maximum atomic E-state index is 12.3. The van der Waals surface area contributed by atoms with Crippen molar-refractivity contribution in [2.24, 2.45) is 7.05 Å². The minimum absolute atomic E-state index is 0.147. The zero-order valence-corrected chi connectivity index (χ0v) is 15.0. The van der Waals surface area contributed by atoms with E-state index in [2.05, 4.69) is 10.4 Å². The summed E-state index contributed by atoms with van der Waals surface area (Å²) in [7, 11) is 3.42. The molecule has 6 nitrogen and oxygen atoms in total. The van der Waals surface area contributed by atoms with Crippen molar-refractivity contribution in [3.63, 3.8) is 0 Å². The summed E-state index contributed by atoms with van der Waals surface area (Å²) in [5.41, 5.74) is 1.51. The molecule has 0 aliphatic heterocycles. The van der Waals surface area contributed by atoms with Gasteiger partial charge in [-0.15, -0.1) is 0 Å². The van der Waals surface area contributed by atoms with Crippen LogP contribution in [0.4, 0.5) is 0 Å². The summed E-state index contributed by atoms with van der Waals surface area (Å²) < 4.78 is 13.2. The number of aromatic nitrogens is 2. The third-order valence-corrected chi connectivity index (χ3v) is 4.60. The van der Waals surface area contributed by atoms with Crippen LogP contribution in [0, 0.1) is 0 Å². The smallest absolute Gasteiger partial charge is 0.254 e. The third-order valence-electron chi connectivity index (χ3n) is 4.60. The van der Waals surface area contributed by atoms with Crippen molar-refractivity contribution in [2.45, 2.75) is 44.8 Å². The molecule has 1 aliphatic carbocycles. The monoisotopic (exact) mass is 343 g/mol. The Morgan fingerprint density at radius 2 is 2.08 bits per heavy atom. The molecule has 1 aromatic heterocycles. The Labute approximate surface area is 148 Å². The quantitative estimate of drug-likeness (QED) is 0.874. The van der Waals surface area contributed by atoms with Gasteiger partial charge in [0.05, 0.1) is 31.0 Å². The van der Waals surface area contributed by atoms with Crippen LogP contribution in [0.5, 0.6) is 11.5 Å². The van der Waals surface area contributed by atoms with E-state index in [-0.39, 0.29) is 18.1 Å². The van der Waals surface area contributed by atoms with Crippen LogP contribution in [0.2, 0.25) is 0 Å². The van der Waals surface area contributed by atoms with Gasteiger partial charge in [0, 0.05) is 13.2 Å². The van der Waals surface area contributed by atoms with E-state index in [4.69, 9.17) is 9.47 Å². The molecular weight excluding hydrogens is 318 g/mol. The van der Waals surface area contributed by atoms with E-state index >= 15 is 0 Å². The van der Waals surface area contributed by atoms with E-state index in [1.54, 1.807) is 31.2 Å². The van der Waals surface area contributed by atoms with Gasteiger partial charge in [-0.25, -0.2) is 0 Å². The van der Waals surface area contributed by atoms with Crippen molar-refractivity contribution >= 4 is 5.91 Å². The molecule has 3 rings (SSSR count). The molecule has 1 heterocycles. The molecular formula is C19H25N3O3. The number of methoxy groups -OCH3 is 1. The average Bonchev–Trinajstić information content (AvgIpc) is 3.26. The fraction of sp³-hybridized carbons (Fsp3) is 0.474. The zero-order valence-electron chi connectivity index (χ0n) is 15.0. The van der Waals surface area contributed by atoms with Gasteiger partial charge in [-0.2, -0.15) is 5.10 Å². The topological polar surface area (TPSA) is 65.4 Å². The Morgan fingerprint density at radius 3 is 2.72 bits per heavy atom. The second kappa shape index (κ2) is 7.59. The second-order valence-corrected chi connectivity index (χ2v) is 6.53. The fourth-order valence-corrected chi connectivity index (χ4v) is 3.14. The van der Waals surface area contributed by atoms with Gasteiger partial charge >= 0.3 is 0 Å². The van der Waals surface area contributed by atoms with Crippen molar-refractivity contribution in [1.29, 1.82) is 0 Å². The molecule has 1 amide bonds. The summed E-state index contributed by atoms with van der Waals surface area (Å²) >= 11 is 0. The molecule has 0 saturated heterocycles. The Morgan fingerprint density at radius 1 is 1.32 bits per heavy atom. The molecule has 134 valence electrons. The zero-order chi connectivity index (χ0) is 17.8. The first-order chi connectivity index (χ1) is 12.1. The number of amides is 1. The number of carbonyl (C=O) groups excluding carboxylic acids is 1. The maximum absolute atomic E-state index is 12.3. The van der Waals surface area contributed by atoms with E-state index in [0.29, 0.717) is 11.3 Å². The molecule has 1 saturated carbocycles. The van der Waals surface area contributed by atoms with Crippen molar-refractivity contribution in [3.8, 4) is 11.5 Å². The number of hydrogen-bond acceptors (Lipinski definition) is 4. The van der Waals surface area contributed by atoms with E-state index in [9.17, 15) is 4.79 Å². The van der Waals surface area contributed by atoms with E-state index in [1.165, 1.54) is 12.8 Å². The summed E-state index contributed by atoms with van der Waals surface area (Å²) in [5, 5.41) is 7.01. The van der Waals surface area contributed by atoms with Gasteiger partial charge in [0.25, 0.3) is 5.91 Å². The SMILES string of the molecule is COc1cc(C(C)NC(=O)c2cnn(C)c2)ccc1OC1CCCC1. The number of nitrogens with one attached hydrogen (secondary N) is 1. The summed E-state index contributed by atoms with van der Waals surface area (Å²) in [6.45, 7) is 1.94. The predicted molar refractivity (Wildman–Crippen MR) is 95.0 cm³/mol. The van der Waals surface area contributed by atoms with E-state index < -0.39 is 0 Å². The minimum Gasteiger partial charge on any atom is -0.493 e. The first kappa shape index (κ1) is 17.3. The number of rotatable bonds is 6. The number of hydrogen-bond donors (Lipinski definition) is 1. The first-order valence-corrected chi connectivity index (χ1v) is 8.71. The van der Waals surface area contributed by atoms with Crippen molar-refractivity contribution in [1.82, 2.24) is 15.1 Å². The van der Waals surface area contributed by atoms with Gasteiger partial charge in [0.15, 0.2) is 11.5 Å². The number of carbonyl (C=O) groups is 1. The summed E-state index contributed by atoms with van der Waals surface area (Å²) in [5.74, 6) is 1.32. The number of ether oxygens (including phenoxy) is 2. The third kappa shape index (κ3) is 4.13. The first-order valence-electron chi connectivity index (χ1n) is 8.71. The lowest BCUT2D eigenvalue weighted by molar-refractivity contribution is 0.0939. The van der Waals surface area contributed by atoms with Crippen LogP contribution < -0.4 is 14.8 Å². The van der Waals surface area contributed by atoms with Crippen LogP contribution in [0.25, 0.3) is 0 Å². The lowest BCUT2D eigenvalue weighted by atomic mass is 10.1. The molecule has 2 aromatic rings. The largest absolute Gasteiger partial charge is 0.493 e. The molecule has 0 bridgehead atoms. The standard InChI is InChI=1S/C19H25N3O3/c1-13(21-19(23)15-11-20-22(2)12-15)14-8-9-17(18(10-14)24-3)25-16-6-4-5-7-16/h8-13,16H,4-7H2,1-3H3,(H,21,23). The van der Waals surface area contributed by atoms with Crippen LogP contribution in [0.15, 0.2) is 30.6 Å². The molecule has 1 fully saturated rings. The number of benzene rings is 1. The van der Waals surface area contributed by atoms with Gasteiger partial charge in [0.2, 0.25) is 0 Å². The van der Waals surface area contributed by atoms with Crippen LogP contribution in [0.1, 0.15) is 54.6 Å².